The molecule has 0 aliphatic rings. The van der Waals surface area contributed by atoms with Gasteiger partial charge in [0.15, 0.2) is 5.76 Å². The molecule has 0 unspecified atom stereocenters. The van der Waals surface area contributed by atoms with Gasteiger partial charge in [0.05, 0.1) is 18.5 Å². The zero-order chi connectivity index (χ0) is 17.1. The van der Waals surface area contributed by atoms with Crippen LogP contribution < -0.4 is 11.1 Å². The molecule has 0 spiro atoms. The molecular formula is C18H27N3O2. The number of aliphatic hydroxyl groups is 1. The third-order valence-corrected chi connectivity index (χ3v) is 3.21. The zero-order valence-electron chi connectivity index (χ0n) is 14.0. The second kappa shape index (κ2) is 10.5. The molecule has 0 saturated carbocycles. The Labute approximate surface area is 138 Å². The number of unbranched alkanes of at least 4 members (excludes halogenated alkanes) is 1. The first-order valence-electron chi connectivity index (χ1n) is 7.81. The van der Waals surface area contributed by atoms with Gasteiger partial charge in [-0.3, -0.25) is 0 Å². The molecule has 0 saturated heterocycles. The summed E-state index contributed by atoms with van der Waals surface area (Å²) in [5.41, 5.74) is 8.23. The van der Waals surface area contributed by atoms with Crippen molar-refractivity contribution in [1.82, 2.24) is 5.32 Å². The number of rotatable bonds is 10. The van der Waals surface area contributed by atoms with Gasteiger partial charge < -0.3 is 20.9 Å². The lowest BCUT2D eigenvalue weighted by Crippen LogP contribution is -2.16. The first kappa shape index (κ1) is 18.8. The van der Waals surface area contributed by atoms with Crippen molar-refractivity contribution in [2.45, 2.75) is 39.9 Å². The highest BCUT2D eigenvalue weighted by atomic mass is 16.5. The van der Waals surface area contributed by atoms with Crippen LogP contribution in [0.25, 0.3) is 0 Å². The van der Waals surface area contributed by atoms with Gasteiger partial charge in [-0.25, -0.2) is 4.99 Å². The lowest BCUT2D eigenvalue weighted by molar-refractivity contribution is 0.214. The van der Waals surface area contributed by atoms with Crippen LogP contribution in [0.4, 0.5) is 0 Å². The van der Waals surface area contributed by atoms with Crippen LogP contribution in [-0.4, -0.2) is 17.9 Å². The Bertz CT molecular complexity index is 565. The molecule has 126 valence electrons. The summed E-state index contributed by atoms with van der Waals surface area (Å²) in [7, 11) is 0. The minimum absolute atomic E-state index is 0.0165. The van der Waals surface area contributed by atoms with Crippen LogP contribution in [0.15, 0.2) is 53.1 Å². The second-order valence-electron chi connectivity index (χ2n) is 5.29. The number of allylic oxidation sites excluding steroid dienone is 2. The van der Waals surface area contributed by atoms with E-state index in [9.17, 15) is 5.11 Å². The Balaban J connectivity index is 2.79. The van der Waals surface area contributed by atoms with Crippen LogP contribution in [-0.2, 0) is 18.0 Å². The van der Waals surface area contributed by atoms with Gasteiger partial charge in [0.1, 0.15) is 12.4 Å². The summed E-state index contributed by atoms with van der Waals surface area (Å²) in [4.78, 5) is 4.02. The van der Waals surface area contributed by atoms with E-state index >= 15 is 0 Å². The standard InChI is InChI=1S/C18H27N3O2/c1-4-5-9-20-14(2)18(11-21-15(3)19)23-13-17-8-6-7-16(10-17)12-22/h6-8,10-11,20,22H,3-5,9,12-13,19H2,1-2H3/b18-14-,21-11-. The van der Waals surface area contributed by atoms with Crippen LogP contribution in [0.3, 0.4) is 0 Å². The molecule has 4 N–H and O–H groups in total. The van der Waals surface area contributed by atoms with Gasteiger partial charge in [0.2, 0.25) is 0 Å². The summed E-state index contributed by atoms with van der Waals surface area (Å²) in [6.45, 7) is 8.93. The minimum Gasteiger partial charge on any atom is -0.485 e. The number of nitrogens with one attached hydrogen (secondary N) is 1. The molecule has 1 aromatic rings. The van der Waals surface area contributed by atoms with Gasteiger partial charge in [-0.2, -0.15) is 0 Å². The molecule has 0 aliphatic heterocycles. The fourth-order valence-electron chi connectivity index (χ4n) is 1.90. The molecule has 0 heterocycles. The van der Waals surface area contributed by atoms with Crippen molar-refractivity contribution >= 4 is 6.21 Å². The van der Waals surface area contributed by atoms with E-state index in [1.807, 2.05) is 31.2 Å². The molecule has 1 aromatic carbocycles. The molecule has 0 bridgehead atoms. The maximum atomic E-state index is 9.19. The predicted octanol–water partition coefficient (Wildman–Crippen LogP) is 2.82. The summed E-state index contributed by atoms with van der Waals surface area (Å²) in [5, 5.41) is 12.5. The largest absolute Gasteiger partial charge is 0.485 e. The quantitative estimate of drug-likeness (QED) is 0.352. The lowest BCUT2D eigenvalue weighted by Gasteiger charge is -2.13. The van der Waals surface area contributed by atoms with Gasteiger partial charge in [-0.15, -0.1) is 0 Å². The monoisotopic (exact) mass is 317 g/mol. The van der Waals surface area contributed by atoms with Crippen molar-refractivity contribution < 1.29 is 9.84 Å². The zero-order valence-corrected chi connectivity index (χ0v) is 14.0. The summed E-state index contributed by atoms with van der Waals surface area (Å²) < 4.78 is 5.86. The van der Waals surface area contributed by atoms with Gasteiger partial charge in [-0.05, 0) is 24.5 Å². The smallest absolute Gasteiger partial charge is 0.156 e. The molecule has 0 fully saturated rings. The highest BCUT2D eigenvalue weighted by Gasteiger charge is 2.03. The van der Waals surface area contributed by atoms with Crippen LogP contribution in [0.1, 0.15) is 37.8 Å². The molecule has 0 radical (unpaired) electrons. The Hall–Kier alpha value is -2.27. The third kappa shape index (κ3) is 7.51. The first-order chi connectivity index (χ1) is 11.1. The maximum absolute atomic E-state index is 9.19. The molecule has 0 aromatic heterocycles. The van der Waals surface area contributed by atoms with E-state index in [0.717, 1.165) is 36.2 Å². The van der Waals surface area contributed by atoms with E-state index < -0.39 is 0 Å². The third-order valence-electron chi connectivity index (χ3n) is 3.21. The molecule has 0 amide bonds. The summed E-state index contributed by atoms with van der Waals surface area (Å²) in [6, 6.07) is 7.64. The van der Waals surface area contributed by atoms with E-state index in [4.69, 9.17) is 10.5 Å². The molecule has 23 heavy (non-hydrogen) atoms. The van der Waals surface area contributed by atoms with Gasteiger partial charge >= 0.3 is 0 Å². The predicted molar refractivity (Wildman–Crippen MR) is 94.6 cm³/mol. The van der Waals surface area contributed by atoms with Gasteiger partial charge in [0.25, 0.3) is 0 Å². The van der Waals surface area contributed by atoms with Crippen LogP contribution in [0, 0.1) is 0 Å². The summed E-state index contributed by atoms with van der Waals surface area (Å²) in [6.07, 6.45) is 3.79. The van der Waals surface area contributed by atoms with E-state index in [1.54, 1.807) is 6.21 Å². The van der Waals surface area contributed by atoms with Crippen LogP contribution >= 0.6 is 0 Å². The van der Waals surface area contributed by atoms with E-state index in [1.165, 1.54) is 0 Å². The average Bonchev–Trinajstić information content (AvgIpc) is 2.55. The Morgan fingerprint density at radius 2 is 2.17 bits per heavy atom. The van der Waals surface area contributed by atoms with Crippen molar-refractivity contribution in [1.29, 1.82) is 0 Å². The number of aliphatic imine (C=N–C) groups is 1. The van der Waals surface area contributed by atoms with E-state index in [2.05, 4.69) is 23.8 Å². The second-order valence-corrected chi connectivity index (χ2v) is 5.29. The van der Waals surface area contributed by atoms with Crippen molar-refractivity contribution in [3.63, 3.8) is 0 Å². The molecule has 0 atom stereocenters. The summed E-state index contributed by atoms with van der Waals surface area (Å²) >= 11 is 0. The van der Waals surface area contributed by atoms with Gasteiger partial charge in [0, 0.05) is 6.54 Å². The lowest BCUT2D eigenvalue weighted by atomic mass is 10.1. The number of benzene rings is 1. The first-order valence-corrected chi connectivity index (χ1v) is 7.81. The molecule has 0 aliphatic carbocycles. The average molecular weight is 317 g/mol. The highest BCUT2D eigenvalue weighted by Crippen LogP contribution is 2.10. The van der Waals surface area contributed by atoms with Crippen molar-refractivity contribution in [2.24, 2.45) is 10.7 Å². The van der Waals surface area contributed by atoms with Gasteiger partial charge in [-0.1, -0.05) is 44.2 Å². The molecule has 5 nitrogen and oxygen atoms in total. The maximum Gasteiger partial charge on any atom is 0.156 e. The SMILES string of the molecule is C=C(N)/N=C\C(OCc1cccc(CO)c1)=C(/C)NCCCC. The van der Waals surface area contributed by atoms with Crippen molar-refractivity contribution in [3.8, 4) is 0 Å². The number of hydrogen-bond acceptors (Lipinski definition) is 5. The normalized spacial score (nSPS) is 12.1. The number of ether oxygens (including phenoxy) is 1. The fourth-order valence-corrected chi connectivity index (χ4v) is 1.90. The Morgan fingerprint density at radius 3 is 2.83 bits per heavy atom. The minimum atomic E-state index is 0.0165. The fraction of sp³-hybridized carbons (Fsp3) is 0.389. The number of hydrogen-bond donors (Lipinski definition) is 3. The molecule has 1 rings (SSSR count). The summed E-state index contributed by atoms with van der Waals surface area (Å²) in [5.74, 6) is 0.858. The highest BCUT2D eigenvalue weighted by molar-refractivity contribution is 5.77. The van der Waals surface area contributed by atoms with Crippen LogP contribution in [0.5, 0.6) is 0 Å². The molecular weight excluding hydrogens is 290 g/mol. The van der Waals surface area contributed by atoms with Crippen LogP contribution in [0.2, 0.25) is 0 Å². The van der Waals surface area contributed by atoms with E-state index in [-0.39, 0.29) is 12.4 Å². The molecule has 5 heteroatoms. The van der Waals surface area contributed by atoms with E-state index in [0.29, 0.717) is 12.4 Å². The number of aliphatic hydroxyl groups excluding tert-OH is 1. The number of nitrogens with two attached hydrogens (primary N) is 1. The van der Waals surface area contributed by atoms with Crippen molar-refractivity contribution in [3.05, 3.63) is 59.2 Å². The Kier molecular flexibility index (Phi) is 8.54. The topological polar surface area (TPSA) is 79.9 Å². The van der Waals surface area contributed by atoms with Crippen molar-refractivity contribution in [2.75, 3.05) is 6.54 Å². The number of nitrogens with zero attached hydrogens (tertiary/aromatic N) is 1. The Morgan fingerprint density at radius 1 is 1.43 bits per heavy atom.